The molecule has 1 fully saturated rings. The van der Waals surface area contributed by atoms with Crippen LogP contribution in [0.3, 0.4) is 0 Å². The maximum absolute atomic E-state index is 13.9. The Hall–Kier alpha value is -3.27. The largest absolute Gasteiger partial charge is 0.493 e. The van der Waals surface area contributed by atoms with E-state index in [0.29, 0.717) is 5.75 Å². The minimum Gasteiger partial charge on any atom is -0.493 e. The van der Waals surface area contributed by atoms with Gasteiger partial charge in [-0.25, -0.2) is 4.79 Å². The predicted octanol–water partition coefficient (Wildman–Crippen LogP) is 3.20. The summed E-state index contributed by atoms with van der Waals surface area (Å²) in [7, 11) is 1.40. The van der Waals surface area contributed by atoms with Crippen molar-refractivity contribution < 1.29 is 37.3 Å². The van der Waals surface area contributed by atoms with Gasteiger partial charge in [0.1, 0.15) is 5.92 Å². The Labute approximate surface area is 176 Å². The second-order valence-corrected chi connectivity index (χ2v) is 6.89. The van der Waals surface area contributed by atoms with E-state index in [2.05, 4.69) is 5.32 Å². The van der Waals surface area contributed by atoms with Crippen LogP contribution >= 0.6 is 0 Å². The van der Waals surface area contributed by atoms with Crippen molar-refractivity contribution in [3.05, 3.63) is 59.7 Å². The number of rotatable bonds is 6. The van der Waals surface area contributed by atoms with Crippen LogP contribution in [-0.4, -0.2) is 42.5 Å². The molecule has 1 heterocycles. The Morgan fingerprint density at radius 3 is 2.42 bits per heavy atom. The number of aliphatic hydroxyl groups is 1. The zero-order chi connectivity index (χ0) is 22.8. The molecule has 1 saturated heterocycles. The lowest BCUT2D eigenvalue weighted by molar-refractivity contribution is -0.287. The summed E-state index contributed by atoms with van der Waals surface area (Å²) in [5.74, 6) is -2.57. The van der Waals surface area contributed by atoms with Crippen LogP contribution < -0.4 is 20.1 Å². The van der Waals surface area contributed by atoms with Gasteiger partial charge < -0.3 is 25.2 Å². The van der Waals surface area contributed by atoms with Crippen molar-refractivity contribution in [3.8, 4) is 11.5 Å². The number of hydrogen-bond donors (Lipinski definition) is 3. The van der Waals surface area contributed by atoms with Crippen molar-refractivity contribution in [3.63, 3.8) is 0 Å². The fraction of sp³-hybridized carbons (Fsp3) is 0.333. The van der Waals surface area contributed by atoms with E-state index in [1.165, 1.54) is 54.9 Å². The van der Waals surface area contributed by atoms with E-state index in [9.17, 15) is 27.9 Å². The number of ether oxygens (including phenoxy) is 2. The molecule has 166 valence electrons. The molecule has 0 aliphatic carbocycles. The Balaban J connectivity index is 2.17. The van der Waals surface area contributed by atoms with Crippen LogP contribution in [0.25, 0.3) is 0 Å². The molecule has 0 bridgehead atoms. The highest BCUT2D eigenvalue weighted by atomic mass is 19.4. The SMILES string of the molecule is CCOc1cc([C@@H]2NC(=O)N[C@@](O)(C(F)(F)F)[C@H]2C(=O)c2ccccc2)ccc1OC. The molecule has 2 amide bonds. The molecular formula is C21H21F3N2O5. The van der Waals surface area contributed by atoms with Gasteiger partial charge in [0.25, 0.3) is 0 Å². The number of halogens is 3. The fourth-order valence-corrected chi connectivity index (χ4v) is 3.55. The molecule has 0 aromatic heterocycles. The zero-order valence-electron chi connectivity index (χ0n) is 16.7. The fourth-order valence-electron chi connectivity index (χ4n) is 3.55. The van der Waals surface area contributed by atoms with Crippen LogP contribution in [0.2, 0.25) is 0 Å². The van der Waals surface area contributed by atoms with Crippen LogP contribution in [0.4, 0.5) is 18.0 Å². The van der Waals surface area contributed by atoms with E-state index in [1.54, 1.807) is 13.0 Å². The van der Waals surface area contributed by atoms with Crippen molar-refractivity contribution in [1.82, 2.24) is 10.6 Å². The number of alkyl halides is 3. The Kier molecular flexibility index (Phi) is 6.12. The van der Waals surface area contributed by atoms with E-state index in [0.717, 1.165) is 0 Å². The van der Waals surface area contributed by atoms with Gasteiger partial charge in [-0.2, -0.15) is 13.2 Å². The van der Waals surface area contributed by atoms with E-state index >= 15 is 0 Å². The molecule has 31 heavy (non-hydrogen) atoms. The third-order valence-corrected chi connectivity index (χ3v) is 4.99. The Morgan fingerprint density at radius 2 is 1.84 bits per heavy atom. The average Bonchev–Trinajstić information content (AvgIpc) is 2.73. The lowest BCUT2D eigenvalue weighted by Crippen LogP contribution is -2.72. The van der Waals surface area contributed by atoms with Gasteiger partial charge in [-0.05, 0) is 24.6 Å². The summed E-state index contributed by atoms with van der Waals surface area (Å²) in [4.78, 5) is 25.3. The van der Waals surface area contributed by atoms with Gasteiger partial charge in [0.2, 0.25) is 5.72 Å². The lowest BCUT2D eigenvalue weighted by Gasteiger charge is -2.45. The van der Waals surface area contributed by atoms with Crippen molar-refractivity contribution in [2.24, 2.45) is 5.92 Å². The summed E-state index contributed by atoms with van der Waals surface area (Å²) in [6.45, 7) is 1.96. The predicted molar refractivity (Wildman–Crippen MR) is 104 cm³/mol. The normalized spacial score (nSPS) is 23.5. The first-order valence-electron chi connectivity index (χ1n) is 9.40. The van der Waals surface area contributed by atoms with Crippen LogP contribution in [-0.2, 0) is 0 Å². The van der Waals surface area contributed by atoms with Gasteiger partial charge in [-0.15, -0.1) is 0 Å². The smallest absolute Gasteiger partial charge is 0.437 e. The second-order valence-electron chi connectivity index (χ2n) is 6.89. The van der Waals surface area contributed by atoms with Crippen molar-refractivity contribution in [1.29, 1.82) is 0 Å². The molecular weight excluding hydrogens is 417 g/mol. The highest BCUT2D eigenvalue weighted by Gasteiger charge is 2.66. The van der Waals surface area contributed by atoms with E-state index in [1.807, 2.05) is 0 Å². The monoisotopic (exact) mass is 438 g/mol. The third-order valence-electron chi connectivity index (χ3n) is 4.99. The maximum atomic E-state index is 13.9. The number of carbonyl (C=O) groups is 2. The van der Waals surface area contributed by atoms with Crippen molar-refractivity contribution in [2.75, 3.05) is 13.7 Å². The number of benzene rings is 2. The third kappa shape index (κ3) is 4.15. The molecule has 10 heteroatoms. The summed E-state index contributed by atoms with van der Waals surface area (Å²) in [5, 5.41) is 14.4. The number of urea groups is 1. The molecule has 3 atom stereocenters. The molecule has 1 aliphatic rings. The molecule has 0 unspecified atom stereocenters. The van der Waals surface area contributed by atoms with Crippen LogP contribution in [0, 0.1) is 5.92 Å². The van der Waals surface area contributed by atoms with Gasteiger partial charge in [0.15, 0.2) is 17.3 Å². The second kappa shape index (κ2) is 8.46. The van der Waals surface area contributed by atoms with Gasteiger partial charge in [-0.1, -0.05) is 36.4 Å². The summed E-state index contributed by atoms with van der Waals surface area (Å²) in [6.07, 6.45) is -5.33. The number of Topliss-reactive ketones (excluding diaryl/α,β-unsaturated/α-hetero) is 1. The summed E-state index contributed by atoms with van der Waals surface area (Å²) in [5.41, 5.74) is -3.70. The number of hydrogen-bond acceptors (Lipinski definition) is 5. The first-order chi connectivity index (χ1) is 14.6. The molecule has 7 nitrogen and oxygen atoms in total. The van der Waals surface area contributed by atoms with Gasteiger partial charge in [-0.3, -0.25) is 4.79 Å². The molecule has 3 N–H and O–H groups in total. The van der Waals surface area contributed by atoms with E-state index in [4.69, 9.17) is 9.47 Å². The molecule has 0 spiro atoms. The lowest BCUT2D eigenvalue weighted by atomic mass is 9.77. The van der Waals surface area contributed by atoms with Crippen molar-refractivity contribution in [2.45, 2.75) is 24.9 Å². The quantitative estimate of drug-likeness (QED) is 0.602. The van der Waals surface area contributed by atoms with Gasteiger partial charge >= 0.3 is 12.2 Å². The van der Waals surface area contributed by atoms with Crippen molar-refractivity contribution >= 4 is 11.8 Å². The Morgan fingerprint density at radius 1 is 1.16 bits per heavy atom. The molecule has 2 aromatic carbocycles. The first kappa shape index (κ1) is 22.4. The van der Waals surface area contributed by atoms with E-state index in [-0.39, 0.29) is 23.5 Å². The number of carbonyl (C=O) groups excluding carboxylic acids is 2. The number of nitrogens with one attached hydrogen (secondary N) is 2. The molecule has 2 aromatic rings. The average molecular weight is 438 g/mol. The molecule has 0 saturated carbocycles. The number of amides is 2. The maximum Gasteiger partial charge on any atom is 0.437 e. The first-order valence-corrected chi connectivity index (χ1v) is 9.40. The minimum atomic E-state index is -5.33. The van der Waals surface area contributed by atoms with Crippen LogP contribution in [0.15, 0.2) is 48.5 Å². The Bertz CT molecular complexity index is 967. The topological polar surface area (TPSA) is 96.9 Å². The highest BCUT2D eigenvalue weighted by molar-refractivity contribution is 6.00. The van der Waals surface area contributed by atoms with E-state index < -0.39 is 35.7 Å². The number of ketones is 1. The van der Waals surface area contributed by atoms with Gasteiger partial charge in [0.05, 0.1) is 19.8 Å². The van der Waals surface area contributed by atoms with Gasteiger partial charge in [0, 0.05) is 5.56 Å². The molecule has 0 radical (unpaired) electrons. The standard InChI is InChI=1S/C21H21F3N2O5/c1-3-31-15-11-13(9-10-14(15)30-2)17-16(18(27)12-7-5-4-6-8-12)20(29,21(22,23)24)26-19(28)25-17/h4-11,16-17,29H,3H2,1-2H3,(H2,25,26,28)/t16-,17+,20+/m1/s1. The minimum absolute atomic E-state index is 0.0448. The highest BCUT2D eigenvalue weighted by Crippen LogP contribution is 2.45. The van der Waals surface area contributed by atoms with Crippen LogP contribution in [0.5, 0.6) is 11.5 Å². The van der Waals surface area contributed by atoms with Crippen LogP contribution in [0.1, 0.15) is 28.9 Å². The number of methoxy groups -OCH3 is 1. The molecule has 1 aliphatic heterocycles. The summed E-state index contributed by atoms with van der Waals surface area (Å²) < 4.78 is 52.5. The molecule has 3 rings (SSSR count). The zero-order valence-corrected chi connectivity index (χ0v) is 16.7. The summed E-state index contributed by atoms with van der Waals surface area (Å²) >= 11 is 0. The summed E-state index contributed by atoms with van der Waals surface area (Å²) in [6, 6.07) is 8.72.